The van der Waals surface area contributed by atoms with E-state index in [1.165, 1.54) is 17.7 Å². The highest BCUT2D eigenvalue weighted by atomic mass is 79.9. The zero-order valence-corrected chi connectivity index (χ0v) is 13.0. The van der Waals surface area contributed by atoms with Gasteiger partial charge in [-0.15, -0.1) is 0 Å². The number of benzene rings is 2. The summed E-state index contributed by atoms with van der Waals surface area (Å²) in [6.07, 6.45) is 0. The molecule has 0 bridgehead atoms. The molecule has 94 valence electrons. The van der Waals surface area contributed by atoms with Crippen LogP contribution in [0.15, 0.2) is 45.3 Å². The highest BCUT2D eigenvalue weighted by Gasteiger charge is 2.01. The maximum atomic E-state index is 13.2. The minimum atomic E-state index is -0.230. The van der Waals surface area contributed by atoms with E-state index >= 15 is 0 Å². The van der Waals surface area contributed by atoms with Crippen LogP contribution in [0.5, 0.6) is 0 Å². The van der Waals surface area contributed by atoms with Gasteiger partial charge in [0, 0.05) is 21.2 Å². The van der Waals surface area contributed by atoms with E-state index < -0.39 is 0 Å². The number of hydrogen-bond donors (Lipinski definition) is 1. The van der Waals surface area contributed by atoms with Gasteiger partial charge in [-0.2, -0.15) is 0 Å². The third kappa shape index (κ3) is 3.56. The van der Waals surface area contributed by atoms with Crippen LogP contribution < -0.4 is 5.32 Å². The predicted octanol–water partition coefficient (Wildman–Crippen LogP) is 5.27. The van der Waals surface area contributed by atoms with Crippen LogP contribution in [0.4, 0.5) is 10.1 Å². The molecule has 0 atom stereocenters. The van der Waals surface area contributed by atoms with Gasteiger partial charge >= 0.3 is 0 Å². The van der Waals surface area contributed by atoms with Gasteiger partial charge in [0.2, 0.25) is 0 Å². The highest BCUT2D eigenvalue weighted by molar-refractivity contribution is 9.10. The monoisotopic (exact) mass is 371 g/mol. The fraction of sp³-hybridized carbons (Fsp3) is 0.143. The van der Waals surface area contributed by atoms with Crippen LogP contribution in [-0.4, -0.2) is 0 Å². The van der Waals surface area contributed by atoms with Crippen LogP contribution in [0.1, 0.15) is 11.1 Å². The summed E-state index contributed by atoms with van der Waals surface area (Å²) in [6, 6.07) is 10.9. The minimum absolute atomic E-state index is 0.230. The van der Waals surface area contributed by atoms with Gasteiger partial charge in [0.05, 0.1) is 0 Å². The summed E-state index contributed by atoms with van der Waals surface area (Å²) < 4.78 is 15.0. The number of rotatable bonds is 3. The van der Waals surface area contributed by atoms with Crippen LogP contribution in [0.2, 0.25) is 0 Å². The molecule has 0 saturated carbocycles. The van der Waals surface area contributed by atoms with E-state index in [9.17, 15) is 4.39 Å². The topological polar surface area (TPSA) is 12.0 Å². The molecule has 0 spiro atoms. The summed E-state index contributed by atoms with van der Waals surface area (Å²) in [5.74, 6) is -0.230. The summed E-state index contributed by atoms with van der Waals surface area (Å²) in [4.78, 5) is 0. The fourth-order valence-electron chi connectivity index (χ4n) is 1.62. The van der Waals surface area contributed by atoms with Crippen molar-refractivity contribution >= 4 is 37.5 Å². The quantitative estimate of drug-likeness (QED) is 0.773. The van der Waals surface area contributed by atoms with E-state index in [4.69, 9.17) is 0 Å². The second-order valence-electron chi connectivity index (χ2n) is 4.10. The molecule has 2 aromatic rings. The van der Waals surface area contributed by atoms with Crippen molar-refractivity contribution in [1.29, 1.82) is 0 Å². The summed E-state index contributed by atoms with van der Waals surface area (Å²) in [5, 5.41) is 3.27. The van der Waals surface area contributed by atoms with Crippen molar-refractivity contribution in [1.82, 2.24) is 0 Å². The molecule has 0 aliphatic rings. The summed E-state index contributed by atoms with van der Waals surface area (Å²) >= 11 is 6.77. The SMILES string of the molecule is Cc1ccc(NCc2cc(F)cc(Br)c2)cc1Br. The van der Waals surface area contributed by atoms with Crippen LogP contribution in [0.3, 0.4) is 0 Å². The standard InChI is InChI=1S/C14H12Br2FN/c1-9-2-3-13(7-14(9)16)18-8-10-4-11(15)6-12(17)5-10/h2-7,18H,8H2,1H3. The summed E-state index contributed by atoms with van der Waals surface area (Å²) in [7, 11) is 0. The predicted molar refractivity (Wildman–Crippen MR) is 80.3 cm³/mol. The molecule has 0 aromatic heterocycles. The Kier molecular flexibility index (Phi) is 4.40. The Bertz CT molecular complexity index is 549. The highest BCUT2D eigenvalue weighted by Crippen LogP contribution is 2.21. The molecule has 2 aromatic carbocycles. The number of nitrogens with one attached hydrogen (secondary N) is 1. The van der Waals surface area contributed by atoms with Gasteiger partial charge in [-0.25, -0.2) is 4.39 Å². The van der Waals surface area contributed by atoms with Crippen molar-refractivity contribution < 1.29 is 4.39 Å². The van der Waals surface area contributed by atoms with Gasteiger partial charge in [-0.3, -0.25) is 0 Å². The molecule has 2 rings (SSSR count). The van der Waals surface area contributed by atoms with Gasteiger partial charge in [0.1, 0.15) is 5.82 Å². The average molecular weight is 373 g/mol. The molecule has 0 amide bonds. The Morgan fingerprint density at radius 3 is 2.56 bits per heavy atom. The Labute approximate surface area is 123 Å². The lowest BCUT2D eigenvalue weighted by molar-refractivity contribution is 0.625. The summed E-state index contributed by atoms with van der Waals surface area (Å²) in [5.41, 5.74) is 3.10. The van der Waals surface area contributed by atoms with Crippen molar-refractivity contribution in [3.05, 3.63) is 62.3 Å². The van der Waals surface area contributed by atoms with Gasteiger partial charge in [0.15, 0.2) is 0 Å². The molecule has 0 aliphatic carbocycles. The second-order valence-corrected chi connectivity index (χ2v) is 5.87. The third-order valence-corrected chi connectivity index (χ3v) is 3.90. The molecular formula is C14H12Br2FN. The lowest BCUT2D eigenvalue weighted by Crippen LogP contribution is -2.00. The van der Waals surface area contributed by atoms with Crippen LogP contribution in [-0.2, 0) is 6.54 Å². The normalized spacial score (nSPS) is 10.4. The molecule has 1 nitrogen and oxygen atoms in total. The molecule has 0 unspecified atom stereocenters. The second kappa shape index (κ2) is 5.85. The first-order valence-corrected chi connectivity index (χ1v) is 7.08. The Morgan fingerprint density at radius 1 is 1.11 bits per heavy atom. The molecule has 1 N–H and O–H groups in total. The zero-order chi connectivity index (χ0) is 13.1. The fourth-order valence-corrected chi connectivity index (χ4v) is 2.51. The average Bonchev–Trinajstić information content (AvgIpc) is 2.29. The van der Waals surface area contributed by atoms with E-state index in [0.717, 1.165) is 20.2 Å². The van der Waals surface area contributed by atoms with Gasteiger partial charge in [0.25, 0.3) is 0 Å². The maximum Gasteiger partial charge on any atom is 0.124 e. The van der Waals surface area contributed by atoms with Crippen molar-refractivity contribution in [2.24, 2.45) is 0 Å². The molecule has 4 heteroatoms. The minimum Gasteiger partial charge on any atom is -0.381 e. The molecule has 18 heavy (non-hydrogen) atoms. The Hall–Kier alpha value is -0.870. The van der Waals surface area contributed by atoms with Gasteiger partial charge in [-0.05, 0) is 48.4 Å². The first-order valence-electron chi connectivity index (χ1n) is 5.49. The lowest BCUT2D eigenvalue weighted by atomic mass is 10.2. The van der Waals surface area contributed by atoms with E-state index in [1.54, 1.807) is 0 Å². The van der Waals surface area contributed by atoms with Crippen molar-refractivity contribution in [3.8, 4) is 0 Å². The van der Waals surface area contributed by atoms with E-state index in [0.29, 0.717) is 6.54 Å². The molecule has 0 saturated heterocycles. The molecule has 0 heterocycles. The molecular weight excluding hydrogens is 361 g/mol. The number of anilines is 1. The number of hydrogen-bond acceptors (Lipinski definition) is 1. The van der Waals surface area contributed by atoms with E-state index in [-0.39, 0.29) is 5.82 Å². The Morgan fingerprint density at radius 2 is 1.89 bits per heavy atom. The molecule has 0 aliphatic heterocycles. The van der Waals surface area contributed by atoms with Crippen molar-refractivity contribution in [3.63, 3.8) is 0 Å². The molecule has 0 fully saturated rings. The van der Waals surface area contributed by atoms with Crippen molar-refractivity contribution in [2.45, 2.75) is 13.5 Å². The third-order valence-electron chi connectivity index (χ3n) is 2.59. The van der Waals surface area contributed by atoms with E-state index in [2.05, 4.69) is 37.2 Å². The van der Waals surface area contributed by atoms with Crippen LogP contribution in [0, 0.1) is 12.7 Å². The van der Waals surface area contributed by atoms with Gasteiger partial charge in [-0.1, -0.05) is 37.9 Å². The van der Waals surface area contributed by atoms with E-state index in [1.807, 2.05) is 31.2 Å². The Balaban J connectivity index is 2.08. The maximum absolute atomic E-state index is 13.2. The smallest absolute Gasteiger partial charge is 0.124 e. The lowest BCUT2D eigenvalue weighted by Gasteiger charge is -2.08. The first kappa shape index (κ1) is 13.6. The number of aryl methyl sites for hydroxylation is 1. The van der Waals surface area contributed by atoms with Gasteiger partial charge < -0.3 is 5.32 Å². The van der Waals surface area contributed by atoms with Crippen LogP contribution in [0.25, 0.3) is 0 Å². The van der Waals surface area contributed by atoms with Crippen LogP contribution >= 0.6 is 31.9 Å². The summed E-state index contributed by atoms with van der Waals surface area (Å²) in [6.45, 7) is 2.63. The number of halogens is 3. The zero-order valence-electron chi connectivity index (χ0n) is 9.81. The molecule has 0 radical (unpaired) electrons. The first-order chi connectivity index (χ1) is 8.54. The largest absolute Gasteiger partial charge is 0.381 e. The van der Waals surface area contributed by atoms with Crippen molar-refractivity contribution in [2.75, 3.05) is 5.32 Å².